The summed E-state index contributed by atoms with van der Waals surface area (Å²) in [6, 6.07) is 4.97. The highest BCUT2D eigenvalue weighted by Gasteiger charge is 2.25. The minimum Gasteiger partial charge on any atom is -0.477 e. The number of furan rings is 1. The van der Waals surface area contributed by atoms with Gasteiger partial charge in [-0.15, -0.1) is 11.3 Å². The molecule has 2 aromatic heterocycles. The lowest BCUT2D eigenvalue weighted by Gasteiger charge is -2.25. The average molecular weight is 277 g/mol. The third-order valence-electron chi connectivity index (χ3n) is 3.10. The summed E-state index contributed by atoms with van der Waals surface area (Å²) in [7, 11) is 0. The van der Waals surface area contributed by atoms with Crippen molar-refractivity contribution in [2.75, 3.05) is 6.54 Å². The molecule has 0 radical (unpaired) electrons. The van der Waals surface area contributed by atoms with Gasteiger partial charge in [0, 0.05) is 18.0 Å². The molecule has 6 heteroatoms. The number of aromatic carboxylic acids is 1. The molecule has 1 aliphatic heterocycles. The van der Waals surface area contributed by atoms with Gasteiger partial charge < -0.3 is 14.4 Å². The third kappa shape index (κ3) is 2.15. The second-order valence-corrected chi connectivity index (χ2v) is 5.45. The maximum atomic E-state index is 12.1. The fourth-order valence-corrected chi connectivity index (χ4v) is 3.17. The van der Waals surface area contributed by atoms with Crippen molar-refractivity contribution in [3.05, 3.63) is 45.5 Å². The van der Waals surface area contributed by atoms with E-state index in [-0.39, 0.29) is 5.91 Å². The fraction of sp³-hybridized carbons (Fsp3) is 0.231. The molecule has 0 unspecified atom stereocenters. The van der Waals surface area contributed by atoms with E-state index in [4.69, 9.17) is 9.52 Å². The van der Waals surface area contributed by atoms with E-state index >= 15 is 0 Å². The molecule has 0 fully saturated rings. The van der Waals surface area contributed by atoms with Gasteiger partial charge in [-0.25, -0.2) is 4.79 Å². The maximum Gasteiger partial charge on any atom is 0.345 e. The molecule has 98 valence electrons. The van der Waals surface area contributed by atoms with Gasteiger partial charge in [-0.05, 0) is 30.2 Å². The normalized spacial score (nSPS) is 14.2. The summed E-state index contributed by atoms with van der Waals surface area (Å²) in [5.74, 6) is -0.751. The predicted molar refractivity (Wildman–Crippen MR) is 68.4 cm³/mol. The first kappa shape index (κ1) is 12.0. The topological polar surface area (TPSA) is 70.8 Å². The van der Waals surface area contributed by atoms with Crippen molar-refractivity contribution in [2.45, 2.75) is 13.0 Å². The second-order valence-electron chi connectivity index (χ2n) is 4.32. The van der Waals surface area contributed by atoms with Crippen molar-refractivity contribution in [3.63, 3.8) is 0 Å². The molecule has 5 nitrogen and oxygen atoms in total. The number of hydrogen-bond acceptors (Lipinski definition) is 4. The summed E-state index contributed by atoms with van der Waals surface area (Å²) in [4.78, 5) is 26.1. The third-order valence-corrected chi connectivity index (χ3v) is 4.32. The molecular formula is C13H11NO4S. The molecule has 0 saturated heterocycles. The van der Waals surface area contributed by atoms with E-state index in [0.29, 0.717) is 30.1 Å². The summed E-state index contributed by atoms with van der Waals surface area (Å²) in [5.41, 5.74) is 0.925. The number of amides is 1. The van der Waals surface area contributed by atoms with Crippen LogP contribution >= 0.6 is 11.3 Å². The van der Waals surface area contributed by atoms with Gasteiger partial charge in [0.05, 0.1) is 6.26 Å². The lowest BCUT2D eigenvalue weighted by Crippen LogP contribution is -2.35. The molecule has 19 heavy (non-hydrogen) atoms. The molecule has 3 rings (SSSR count). The summed E-state index contributed by atoms with van der Waals surface area (Å²) in [6.07, 6.45) is 2.16. The van der Waals surface area contributed by atoms with Gasteiger partial charge >= 0.3 is 5.97 Å². The minimum atomic E-state index is -0.914. The van der Waals surface area contributed by atoms with Crippen LogP contribution in [0.25, 0.3) is 0 Å². The second kappa shape index (κ2) is 4.55. The van der Waals surface area contributed by atoms with Crippen LogP contribution in [0.2, 0.25) is 0 Å². The van der Waals surface area contributed by atoms with Crippen molar-refractivity contribution < 1.29 is 19.1 Å². The zero-order valence-electron chi connectivity index (χ0n) is 9.96. The van der Waals surface area contributed by atoms with Crippen LogP contribution in [0.5, 0.6) is 0 Å². The Labute approximate surface area is 113 Å². The molecule has 0 bridgehead atoms. The number of carbonyl (C=O) groups excluding carboxylic acids is 1. The zero-order valence-corrected chi connectivity index (χ0v) is 10.8. The molecule has 1 N–H and O–H groups in total. The molecule has 0 aromatic carbocycles. The van der Waals surface area contributed by atoms with E-state index in [9.17, 15) is 9.59 Å². The summed E-state index contributed by atoms with van der Waals surface area (Å²) < 4.78 is 5.10. The number of carboxylic acid groups (broad SMARTS) is 1. The highest BCUT2D eigenvalue weighted by Crippen LogP contribution is 2.28. The van der Waals surface area contributed by atoms with Gasteiger partial charge in [-0.1, -0.05) is 0 Å². The Balaban J connectivity index is 1.82. The van der Waals surface area contributed by atoms with Gasteiger partial charge in [0.1, 0.15) is 4.88 Å². The predicted octanol–water partition coefficient (Wildman–Crippen LogP) is 2.24. The van der Waals surface area contributed by atoms with Crippen LogP contribution in [0, 0.1) is 0 Å². The van der Waals surface area contributed by atoms with Crippen molar-refractivity contribution in [1.29, 1.82) is 0 Å². The Kier molecular flexibility index (Phi) is 2.87. The maximum absolute atomic E-state index is 12.1. The Bertz CT molecular complexity index is 629. The van der Waals surface area contributed by atoms with Gasteiger partial charge in [-0.3, -0.25) is 4.79 Å². The molecule has 1 amide bonds. The Hall–Kier alpha value is -2.08. The molecule has 0 aliphatic carbocycles. The summed E-state index contributed by atoms with van der Waals surface area (Å²) in [5, 5.41) is 8.97. The van der Waals surface area contributed by atoms with E-state index in [0.717, 1.165) is 10.4 Å². The van der Waals surface area contributed by atoms with Crippen LogP contribution in [0.15, 0.2) is 28.9 Å². The Morgan fingerprint density at radius 1 is 1.42 bits per heavy atom. The van der Waals surface area contributed by atoms with E-state index in [1.807, 2.05) is 0 Å². The van der Waals surface area contributed by atoms with Crippen molar-refractivity contribution in [3.8, 4) is 0 Å². The first-order chi connectivity index (χ1) is 9.15. The standard InChI is InChI=1S/C13H11NO4S/c15-12(9-2-1-5-18-9)14-4-3-10-8(7-14)6-11(19-10)13(16)17/h1-2,5-6H,3-4,7H2,(H,16,17). The van der Waals surface area contributed by atoms with Crippen LogP contribution < -0.4 is 0 Å². The summed E-state index contributed by atoms with van der Waals surface area (Å²) in [6.45, 7) is 1.03. The number of nitrogens with zero attached hydrogens (tertiary/aromatic N) is 1. The Morgan fingerprint density at radius 3 is 2.95 bits per heavy atom. The van der Waals surface area contributed by atoms with Gasteiger partial charge in [0.25, 0.3) is 5.91 Å². The monoisotopic (exact) mass is 277 g/mol. The van der Waals surface area contributed by atoms with Crippen molar-refractivity contribution in [1.82, 2.24) is 4.90 Å². The van der Waals surface area contributed by atoms with Gasteiger partial charge in [0.15, 0.2) is 5.76 Å². The van der Waals surface area contributed by atoms with E-state index in [1.165, 1.54) is 17.6 Å². The lowest BCUT2D eigenvalue weighted by atomic mass is 10.1. The first-order valence-corrected chi connectivity index (χ1v) is 6.64. The number of rotatable bonds is 2. The van der Waals surface area contributed by atoms with Crippen molar-refractivity contribution in [2.24, 2.45) is 0 Å². The zero-order chi connectivity index (χ0) is 13.4. The molecule has 0 saturated carbocycles. The number of hydrogen-bond donors (Lipinski definition) is 1. The molecule has 0 atom stereocenters. The highest BCUT2D eigenvalue weighted by atomic mass is 32.1. The van der Waals surface area contributed by atoms with E-state index in [2.05, 4.69) is 0 Å². The fourth-order valence-electron chi connectivity index (χ4n) is 2.17. The molecule has 3 heterocycles. The first-order valence-electron chi connectivity index (χ1n) is 5.83. The van der Waals surface area contributed by atoms with Crippen LogP contribution in [0.3, 0.4) is 0 Å². The highest BCUT2D eigenvalue weighted by molar-refractivity contribution is 7.14. The van der Waals surface area contributed by atoms with Crippen LogP contribution in [0.1, 0.15) is 30.7 Å². The SMILES string of the molecule is O=C(O)c1cc2c(s1)CCN(C(=O)c1ccco1)C2. The molecule has 0 spiro atoms. The van der Waals surface area contributed by atoms with Crippen molar-refractivity contribution >= 4 is 23.2 Å². The van der Waals surface area contributed by atoms with Crippen LogP contribution in [-0.2, 0) is 13.0 Å². The minimum absolute atomic E-state index is 0.154. The smallest absolute Gasteiger partial charge is 0.345 e. The quantitative estimate of drug-likeness (QED) is 0.913. The Morgan fingerprint density at radius 2 is 2.26 bits per heavy atom. The molecule has 2 aromatic rings. The number of fused-ring (bicyclic) bond motifs is 1. The number of carbonyl (C=O) groups is 2. The van der Waals surface area contributed by atoms with Crippen LogP contribution in [0.4, 0.5) is 0 Å². The lowest BCUT2D eigenvalue weighted by molar-refractivity contribution is 0.0698. The van der Waals surface area contributed by atoms with E-state index < -0.39 is 5.97 Å². The number of carboxylic acids is 1. The largest absolute Gasteiger partial charge is 0.477 e. The van der Waals surface area contributed by atoms with Gasteiger partial charge in [-0.2, -0.15) is 0 Å². The van der Waals surface area contributed by atoms with E-state index in [1.54, 1.807) is 23.1 Å². The average Bonchev–Trinajstić information content (AvgIpc) is 3.06. The summed E-state index contributed by atoms with van der Waals surface area (Å²) >= 11 is 1.29. The molecule has 1 aliphatic rings. The van der Waals surface area contributed by atoms with Crippen LogP contribution in [-0.4, -0.2) is 28.4 Å². The van der Waals surface area contributed by atoms with Gasteiger partial charge in [0.2, 0.25) is 0 Å². The molecular weight excluding hydrogens is 266 g/mol. The number of thiophene rings is 1.